The molecule has 3 atom stereocenters. The molecule has 0 saturated carbocycles. The number of nitrogens with two attached hydrogens (primary N) is 1. The van der Waals surface area contributed by atoms with Gasteiger partial charge in [0.2, 0.25) is 0 Å². The average molecular weight is 589 g/mol. The predicted octanol–water partition coefficient (Wildman–Crippen LogP) is 4.06. The minimum Gasteiger partial charge on any atom is -0.456 e. The maximum absolute atomic E-state index is 13.8. The number of likely N-dealkylation sites (N-methyl/N-ethyl adjacent to an activating group) is 1. The van der Waals surface area contributed by atoms with E-state index in [-0.39, 0.29) is 30.5 Å². The van der Waals surface area contributed by atoms with Gasteiger partial charge in [-0.2, -0.15) is 0 Å². The van der Waals surface area contributed by atoms with Crippen LogP contribution in [0.5, 0.6) is 0 Å². The summed E-state index contributed by atoms with van der Waals surface area (Å²) in [5.74, 6) is -2.30. The van der Waals surface area contributed by atoms with Gasteiger partial charge in [0.25, 0.3) is 5.91 Å². The van der Waals surface area contributed by atoms with Crippen LogP contribution in [0.4, 0.5) is 13.6 Å². The van der Waals surface area contributed by atoms with Gasteiger partial charge in [0.15, 0.2) is 0 Å². The highest BCUT2D eigenvalue weighted by molar-refractivity contribution is 5.98. The highest BCUT2D eigenvalue weighted by atomic mass is 19.1. The Hall–Kier alpha value is -3.57. The Labute approximate surface area is 246 Å². The Kier molecular flexibility index (Phi) is 12.2. The van der Waals surface area contributed by atoms with Crippen LogP contribution < -0.4 is 11.1 Å². The topological polar surface area (TPSA) is 114 Å². The van der Waals surface area contributed by atoms with Crippen LogP contribution >= 0.6 is 0 Å². The molecular weight excluding hydrogens is 546 g/mol. The summed E-state index contributed by atoms with van der Waals surface area (Å²) >= 11 is 0. The summed E-state index contributed by atoms with van der Waals surface area (Å²) in [5.41, 5.74) is 8.06. The van der Waals surface area contributed by atoms with Crippen LogP contribution in [0.1, 0.15) is 65.5 Å². The van der Waals surface area contributed by atoms with Gasteiger partial charge in [-0.15, -0.1) is 0 Å². The molecule has 3 N–H and O–H groups in total. The van der Waals surface area contributed by atoms with E-state index in [9.17, 15) is 23.2 Å². The summed E-state index contributed by atoms with van der Waals surface area (Å²) in [7, 11) is 0. The van der Waals surface area contributed by atoms with Gasteiger partial charge in [-0.25, -0.2) is 18.4 Å². The number of esters is 1. The average Bonchev–Trinajstić information content (AvgIpc) is 3.30. The summed E-state index contributed by atoms with van der Waals surface area (Å²) in [5, 5.41) is 3.15. The van der Waals surface area contributed by atoms with Crippen molar-refractivity contribution in [1.82, 2.24) is 15.1 Å². The molecule has 1 saturated heterocycles. The number of cyclic esters (lactones) is 1. The second-order valence-corrected chi connectivity index (χ2v) is 10.7. The van der Waals surface area contributed by atoms with Crippen molar-refractivity contribution >= 4 is 18.0 Å². The molecule has 9 nitrogen and oxygen atoms in total. The second kappa shape index (κ2) is 15.6. The Morgan fingerprint density at radius 1 is 1.07 bits per heavy atom. The van der Waals surface area contributed by atoms with Crippen LogP contribution in [0.25, 0.3) is 0 Å². The molecule has 1 fully saturated rings. The Morgan fingerprint density at radius 3 is 2.31 bits per heavy atom. The maximum atomic E-state index is 13.8. The van der Waals surface area contributed by atoms with E-state index >= 15 is 0 Å². The molecule has 0 unspecified atom stereocenters. The fraction of sp³-hybridized carbons (Fsp3) is 0.516. The zero-order chi connectivity index (χ0) is 30.8. The molecular formula is C31H42F2N4O5. The molecule has 230 valence electrons. The van der Waals surface area contributed by atoms with Crippen molar-refractivity contribution < 1.29 is 32.6 Å². The van der Waals surface area contributed by atoms with Crippen LogP contribution in [-0.4, -0.2) is 85.3 Å². The predicted molar refractivity (Wildman–Crippen MR) is 155 cm³/mol. The van der Waals surface area contributed by atoms with E-state index in [0.29, 0.717) is 43.9 Å². The molecule has 0 aliphatic carbocycles. The molecule has 2 aromatic rings. The number of ether oxygens (including phenoxy) is 2. The fourth-order valence-electron chi connectivity index (χ4n) is 5.01. The van der Waals surface area contributed by atoms with Crippen molar-refractivity contribution in [2.45, 2.75) is 65.2 Å². The molecule has 1 aliphatic rings. The van der Waals surface area contributed by atoms with Crippen LogP contribution in [0.3, 0.4) is 0 Å². The lowest BCUT2D eigenvalue weighted by Crippen LogP contribution is -2.47. The summed E-state index contributed by atoms with van der Waals surface area (Å²) < 4.78 is 38.8. The van der Waals surface area contributed by atoms with E-state index in [1.165, 1.54) is 18.2 Å². The first-order valence-electron chi connectivity index (χ1n) is 14.5. The van der Waals surface area contributed by atoms with Crippen LogP contribution in [0, 0.1) is 18.6 Å². The number of benzene rings is 2. The molecule has 0 spiro atoms. The molecule has 1 aliphatic heterocycles. The number of nitrogens with zero attached hydrogens (tertiary/aromatic N) is 2. The summed E-state index contributed by atoms with van der Waals surface area (Å²) in [6, 6.07) is 7.21. The van der Waals surface area contributed by atoms with Crippen LogP contribution in [0.15, 0.2) is 36.4 Å². The number of aryl methyl sites for hydroxylation is 1. The number of amides is 2. The van der Waals surface area contributed by atoms with E-state index in [0.717, 1.165) is 24.5 Å². The third kappa shape index (κ3) is 9.22. The summed E-state index contributed by atoms with van der Waals surface area (Å²) in [4.78, 5) is 41.8. The lowest BCUT2D eigenvalue weighted by Gasteiger charge is -2.26. The van der Waals surface area contributed by atoms with E-state index in [1.807, 2.05) is 20.8 Å². The largest absolute Gasteiger partial charge is 0.456 e. The van der Waals surface area contributed by atoms with Gasteiger partial charge < -0.3 is 30.3 Å². The third-order valence-corrected chi connectivity index (χ3v) is 7.01. The van der Waals surface area contributed by atoms with E-state index in [1.54, 1.807) is 28.9 Å². The lowest BCUT2D eigenvalue weighted by atomic mass is 10.0. The Morgan fingerprint density at radius 2 is 1.71 bits per heavy atom. The molecule has 0 bridgehead atoms. The van der Waals surface area contributed by atoms with Gasteiger partial charge in [-0.1, -0.05) is 13.8 Å². The van der Waals surface area contributed by atoms with Crippen molar-refractivity contribution in [3.63, 3.8) is 0 Å². The Balaban J connectivity index is 1.77. The standard InChI is InChI=1S/C31H42F2N4O5/c1-5-8-37(9-6-2)29(38)22-10-20(4)11-23(15-22)30(39)42-28(18-35-17-26-19-36(7-3)31(40)41-26)27(34)14-21-12-24(32)16-25(33)13-21/h10-13,15-16,26-28,35H,5-9,14,17-19,34H2,1-4H3/t26-,27+,28-/m1/s1. The molecule has 2 amide bonds. The number of nitrogens with one attached hydrogen (secondary N) is 1. The van der Waals surface area contributed by atoms with Gasteiger partial charge in [0.05, 0.1) is 12.1 Å². The lowest BCUT2D eigenvalue weighted by molar-refractivity contribution is 0.0233. The minimum absolute atomic E-state index is 0.0386. The van der Waals surface area contributed by atoms with Crippen molar-refractivity contribution in [2.75, 3.05) is 39.3 Å². The third-order valence-electron chi connectivity index (χ3n) is 7.01. The maximum Gasteiger partial charge on any atom is 0.410 e. The van der Waals surface area contributed by atoms with Gasteiger partial charge in [0, 0.05) is 50.4 Å². The van der Waals surface area contributed by atoms with Crippen molar-refractivity contribution in [1.29, 1.82) is 0 Å². The number of carbonyl (C=O) groups excluding carboxylic acids is 3. The van der Waals surface area contributed by atoms with E-state index in [4.69, 9.17) is 15.2 Å². The van der Waals surface area contributed by atoms with E-state index < -0.39 is 35.8 Å². The minimum atomic E-state index is -0.903. The smallest absolute Gasteiger partial charge is 0.410 e. The number of hydrogen-bond acceptors (Lipinski definition) is 7. The first-order chi connectivity index (χ1) is 20.0. The van der Waals surface area contributed by atoms with Gasteiger partial charge in [0.1, 0.15) is 23.8 Å². The van der Waals surface area contributed by atoms with Gasteiger partial charge in [-0.3, -0.25) is 4.79 Å². The van der Waals surface area contributed by atoms with Crippen LogP contribution in [-0.2, 0) is 15.9 Å². The quantitative estimate of drug-likeness (QED) is 0.302. The molecule has 42 heavy (non-hydrogen) atoms. The monoisotopic (exact) mass is 588 g/mol. The number of carbonyl (C=O) groups is 3. The second-order valence-electron chi connectivity index (χ2n) is 10.7. The molecule has 0 radical (unpaired) electrons. The fourth-order valence-corrected chi connectivity index (χ4v) is 5.01. The molecule has 2 aromatic carbocycles. The summed E-state index contributed by atoms with van der Waals surface area (Å²) in [6.07, 6.45) is -0.0216. The number of rotatable bonds is 15. The van der Waals surface area contributed by atoms with Gasteiger partial charge in [-0.05, 0) is 74.6 Å². The Bertz CT molecular complexity index is 1220. The zero-order valence-corrected chi connectivity index (χ0v) is 24.8. The number of hydrogen-bond donors (Lipinski definition) is 2. The molecule has 11 heteroatoms. The normalized spacial score (nSPS) is 16.2. The summed E-state index contributed by atoms with van der Waals surface area (Å²) in [6.45, 7) is 10.2. The molecule has 0 aromatic heterocycles. The van der Waals surface area contributed by atoms with Crippen molar-refractivity contribution in [3.05, 3.63) is 70.3 Å². The highest BCUT2D eigenvalue weighted by Crippen LogP contribution is 2.17. The van der Waals surface area contributed by atoms with Gasteiger partial charge >= 0.3 is 12.1 Å². The van der Waals surface area contributed by atoms with E-state index in [2.05, 4.69) is 5.32 Å². The van der Waals surface area contributed by atoms with Crippen LogP contribution in [0.2, 0.25) is 0 Å². The number of halogens is 2. The first kappa shape index (κ1) is 32.9. The molecule has 3 rings (SSSR count). The molecule has 1 heterocycles. The zero-order valence-electron chi connectivity index (χ0n) is 24.8. The highest BCUT2D eigenvalue weighted by Gasteiger charge is 2.31. The van der Waals surface area contributed by atoms with Crippen molar-refractivity contribution in [3.8, 4) is 0 Å². The van der Waals surface area contributed by atoms with Crippen molar-refractivity contribution in [2.24, 2.45) is 5.73 Å². The SMILES string of the molecule is CCCN(CCC)C(=O)c1cc(C)cc(C(=O)O[C@H](CNC[C@@H]2CN(CC)C(=O)O2)[C@@H](N)Cc2cc(F)cc(F)c2)c1. The first-order valence-corrected chi connectivity index (χ1v) is 14.5.